The Labute approximate surface area is 142 Å². The van der Waals surface area contributed by atoms with Crippen molar-refractivity contribution in [1.82, 2.24) is 4.90 Å². The maximum Gasteiger partial charge on any atom is 0.333 e. The molecule has 1 N–H and O–H groups in total. The minimum Gasteiger partial charge on any atom is -0.479 e. The van der Waals surface area contributed by atoms with Crippen LogP contribution in [0, 0.1) is 5.92 Å². The number of methoxy groups -OCH3 is 1. The zero-order chi connectivity index (χ0) is 17.1. The van der Waals surface area contributed by atoms with Crippen molar-refractivity contribution in [3.63, 3.8) is 0 Å². The van der Waals surface area contributed by atoms with Gasteiger partial charge >= 0.3 is 12.0 Å². The Hall–Kier alpha value is -2.08. The number of para-hydroxylation sites is 1. The van der Waals surface area contributed by atoms with Gasteiger partial charge in [-0.1, -0.05) is 18.2 Å². The maximum atomic E-state index is 12.9. The van der Waals surface area contributed by atoms with E-state index < -0.39 is 12.1 Å². The summed E-state index contributed by atoms with van der Waals surface area (Å²) in [5.41, 5.74) is 2.23. The van der Waals surface area contributed by atoms with E-state index >= 15 is 0 Å². The van der Waals surface area contributed by atoms with Crippen molar-refractivity contribution in [1.29, 1.82) is 0 Å². The summed E-state index contributed by atoms with van der Waals surface area (Å²) in [4.78, 5) is 27.8. The third-order valence-electron chi connectivity index (χ3n) is 5.08. The normalized spacial score (nSPS) is 19.7. The van der Waals surface area contributed by atoms with Crippen molar-refractivity contribution in [3.8, 4) is 0 Å². The molecule has 0 bridgehead atoms. The third kappa shape index (κ3) is 3.24. The molecule has 1 saturated heterocycles. The number of nitrogens with zero attached hydrogens (tertiary/aromatic N) is 2. The van der Waals surface area contributed by atoms with Gasteiger partial charge in [0.1, 0.15) is 0 Å². The number of rotatable bonds is 3. The van der Waals surface area contributed by atoms with Gasteiger partial charge in [0.15, 0.2) is 6.10 Å². The molecule has 1 fully saturated rings. The van der Waals surface area contributed by atoms with Gasteiger partial charge in [-0.3, -0.25) is 4.90 Å². The summed E-state index contributed by atoms with van der Waals surface area (Å²) in [6.07, 6.45) is 2.52. The topological polar surface area (TPSA) is 70.1 Å². The largest absolute Gasteiger partial charge is 0.479 e. The van der Waals surface area contributed by atoms with E-state index in [1.54, 1.807) is 0 Å². The second-order valence-corrected chi connectivity index (χ2v) is 6.49. The van der Waals surface area contributed by atoms with Gasteiger partial charge in [-0.05, 0) is 43.2 Å². The fourth-order valence-electron chi connectivity index (χ4n) is 3.79. The first kappa shape index (κ1) is 16.8. The number of carbonyl (C=O) groups excluding carboxylic acids is 1. The molecule has 0 aliphatic carbocycles. The highest BCUT2D eigenvalue weighted by atomic mass is 16.5. The minimum atomic E-state index is -0.924. The fraction of sp³-hybridized carbons (Fsp3) is 0.556. The van der Waals surface area contributed by atoms with Gasteiger partial charge in [0, 0.05) is 32.4 Å². The molecule has 0 aromatic heterocycles. The number of fused-ring (bicyclic) bond motifs is 1. The highest BCUT2D eigenvalue weighted by Crippen LogP contribution is 2.29. The number of hydrogen-bond donors (Lipinski definition) is 1. The predicted octanol–water partition coefficient (Wildman–Crippen LogP) is 2.37. The first-order chi connectivity index (χ1) is 11.6. The van der Waals surface area contributed by atoms with E-state index in [0.717, 1.165) is 25.1 Å². The lowest BCUT2D eigenvalue weighted by atomic mass is 9.91. The van der Waals surface area contributed by atoms with Crippen LogP contribution in [-0.2, 0) is 16.0 Å². The van der Waals surface area contributed by atoms with Crippen LogP contribution in [0.2, 0.25) is 0 Å². The lowest BCUT2D eigenvalue weighted by molar-refractivity contribution is -0.152. The summed E-state index contributed by atoms with van der Waals surface area (Å²) < 4.78 is 5.10. The van der Waals surface area contributed by atoms with Crippen molar-refractivity contribution in [2.75, 3.05) is 31.6 Å². The molecule has 0 spiro atoms. The molecule has 130 valence electrons. The first-order valence-electron chi connectivity index (χ1n) is 8.51. The number of aliphatic carboxylic acids is 1. The van der Waals surface area contributed by atoms with Crippen LogP contribution in [0.1, 0.15) is 24.8 Å². The summed E-state index contributed by atoms with van der Waals surface area (Å²) in [6, 6.07) is 8.09. The summed E-state index contributed by atoms with van der Waals surface area (Å²) in [7, 11) is 1.43. The minimum absolute atomic E-state index is 0.0323. The Morgan fingerprint density at radius 1 is 1.21 bits per heavy atom. The van der Waals surface area contributed by atoms with E-state index in [9.17, 15) is 14.7 Å². The molecule has 0 radical (unpaired) electrons. The number of ether oxygens (including phenoxy) is 1. The highest BCUT2D eigenvalue weighted by Gasteiger charge is 2.34. The number of aryl methyl sites for hydroxylation is 1. The van der Waals surface area contributed by atoms with E-state index in [2.05, 4.69) is 6.07 Å². The quantitative estimate of drug-likeness (QED) is 0.922. The van der Waals surface area contributed by atoms with E-state index in [4.69, 9.17) is 4.74 Å². The van der Waals surface area contributed by atoms with Crippen LogP contribution in [0.3, 0.4) is 0 Å². The molecule has 2 aliphatic heterocycles. The number of carboxylic acid groups (broad SMARTS) is 1. The zero-order valence-corrected chi connectivity index (χ0v) is 14.0. The van der Waals surface area contributed by atoms with Crippen LogP contribution >= 0.6 is 0 Å². The number of carboxylic acids is 1. The molecule has 24 heavy (non-hydrogen) atoms. The maximum absolute atomic E-state index is 12.9. The molecule has 2 heterocycles. The first-order valence-corrected chi connectivity index (χ1v) is 8.51. The number of urea groups is 1. The molecule has 3 rings (SSSR count). The Kier molecular flexibility index (Phi) is 5.04. The molecule has 2 amide bonds. The molecular weight excluding hydrogens is 308 g/mol. The molecule has 1 atom stereocenters. The standard InChI is InChI=1S/C18H24N2O4/c1-24-16(17(21)22)14-8-11-19(12-9-14)18(23)20-10-4-6-13-5-2-3-7-15(13)20/h2-3,5,7,14,16H,4,6,8-12H2,1H3,(H,21,22). The van der Waals surface area contributed by atoms with E-state index in [-0.39, 0.29) is 11.9 Å². The van der Waals surface area contributed by atoms with Gasteiger partial charge in [-0.15, -0.1) is 0 Å². The Morgan fingerprint density at radius 2 is 1.92 bits per heavy atom. The van der Waals surface area contributed by atoms with Gasteiger partial charge in [-0.25, -0.2) is 9.59 Å². The van der Waals surface area contributed by atoms with Crippen LogP contribution in [0.15, 0.2) is 24.3 Å². The Balaban J connectivity index is 1.65. The highest BCUT2D eigenvalue weighted by molar-refractivity contribution is 5.93. The number of carbonyl (C=O) groups is 2. The van der Waals surface area contributed by atoms with Gasteiger partial charge in [-0.2, -0.15) is 0 Å². The molecule has 1 aromatic carbocycles. The number of likely N-dealkylation sites (tertiary alicyclic amines) is 1. The number of anilines is 1. The van der Waals surface area contributed by atoms with Crippen LogP contribution in [-0.4, -0.2) is 54.9 Å². The van der Waals surface area contributed by atoms with Crippen LogP contribution in [0.4, 0.5) is 10.5 Å². The SMILES string of the molecule is COC(C(=O)O)C1CCN(C(=O)N2CCCc3ccccc32)CC1. The Bertz CT molecular complexity index is 611. The second kappa shape index (κ2) is 7.21. The lowest BCUT2D eigenvalue weighted by Crippen LogP contribution is -2.50. The molecule has 1 aromatic rings. The molecule has 6 nitrogen and oxygen atoms in total. The molecule has 2 aliphatic rings. The van der Waals surface area contributed by atoms with E-state index in [1.807, 2.05) is 28.0 Å². The van der Waals surface area contributed by atoms with E-state index in [1.165, 1.54) is 12.7 Å². The fourth-order valence-corrected chi connectivity index (χ4v) is 3.79. The zero-order valence-electron chi connectivity index (χ0n) is 14.0. The summed E-state index contributed by atoms with van der Waals surface area (Å²) in [5, 5.41) is 9.20. The van der Waals surface area contributed by atoms with Crippen LogP contribution < -0.4 is 4.90 Å². The average molecular weight is 332 g/mol. The average Bonchev–Trinajstić information content (AvgIpc) is 2.61. The molecule has 1 unspecified atom stereocenters. The number of benzene rings is 1. The van der Waals surface area contributed by atoms with Crippen molar-refractivity contribution in [3.05, 3.63) is 29.8 Å². The lowest BCUT2D eigenvalue weighted by Gasteiger charge is -2.38. The van der Waals surface area contributed by atoms with E-state index in [0.29, 0.717) is 25.9 Å². The smallest absolute Gasteiger partial charge is 0.333 e. The summed E-state index contributed by atoms with van der Waals surface area (Å²) in [5.74, 6) is -0.961. The van der Waals surface area contributed by atoms with Crippen molar-refractivity contribution in [2.24, 2.45) is 5.92 Å². The van der Waals surface area contributed by atoms with Crippen molar-refractivity contribution in [2.45, 2.75) is 31.8 Å². The van der Waals surface area contributed by atoms with Crippen LogP contribution in [0.5, 0.6) is 0 Å². The van der Waals surface area contributed by atoms with Crippen LogP contribution in [0.25, 0.3) is 0 Å². The molecular formula is C18H24N2O4. The van der Waals surface area contributed by atoms with Gasteiger partial charge in [0.2, 0.25) is 0 Å². The van der Waals surface area contributed by atoms with Gasteiger partial charge in [0.25, 0.3) is 0 Å². The second-order valence-electron chi connectivity index (χ2n) is 6.49. The third-order valence-corrected chi connectivity index (χ3v) is 5.08. The number of hydrogen-bond acceptors (Lipinski definition) is 3. The summed E-state index contributed by atoms with van der Waals surface area (Å²) in [6.45, 7) is 1.90. The molecule has 6 heteroatoms. The van der Waals surface area contributed by atoms with Gasteiger partial charge < -0.3 is 14.7 Å². The number of piperidine rings is 1. The number of amides is 2. The monoisotopic (exact) mass is 332 g/mol. The molecule has 0 saturated carbocycles. The van der Waals surface area contributed by atoms with Crippen molar-refractivity contribution < 1.29 is 19.4 Å². The van der Waals surface area contributed by atoms with Gasteiger partial charge in [0.05, 0.1) is 0 Å². The Morgan fingerprint density at radius 3 is 2.58 bits per heavy atom. The summed E-state index contributed by atoms with van der Waals surface area (Å²) >= 11 is 0. The predicted molar refractivity (Wildman–Crippen MR) is 90.2 cm³/mol. The van der Waals surface area contributed by atoms with Crippen molar-refractivity contribution >= 4 is 17.7 Å².